The number of esters is 1. The van der Waals surface area contributed by atoms with Gasteiger partial charge in [-0.2, -0.15) is 0 Å². The van der Waals surface area contributed by atoms with E-state index in [4.69, 9.17) is 9.47 Å². The number of aryl methyl sites for hydroxylation is 1. The molecule has 156 valence electrons. The molecule has 2 aromatic carbocycles. The molecule has 0 bridgehead atoms. The van der Waals surface area contributed by atoms with E-state index in [2.05, 4.69) is 5.43 Å². The van der Waals surface area contributed by atoms with Gasteiger partial charge in [-0.05, 0) is 31.2 Å². The number of Topliss-reactive ketones (excluding diaryl/α,β-unsaturated/α-hetero) is 1. The average Bonchev–Trinajstić information content (AvgIpc) is 3.12. The molecule has 0 saturated carbocycles. The third kappa shape index (κ3) is 5.02. The summed E-state index contributed by atoms with van der Waals surface area (Å²) in [5, 5.41) is 1.11. The Hall–Kier alpha value is -3.68. The van der Waals surface area contributed by atoms with Crippen LogP contribution in [0.4, 0.5) is 0 Å². The Morgan fingerprint density at radius 3 is 2.53 bits per heavy atom. The highest BCUT2D eigenvalue weighted by molar-refractivity contribution is 5.99. The van der Waals surface area contributed by atoms with Gasteiger partial charge >= 0.3 is 5.97 Å². The molecule has 0 aromatic heterocycles. The fourth-order valence-corrected chi connectivity index (χ4v) is 3.00. The molecule has 0 unspecified atom stereocenters. The van der Waals surface area contributed by atoms with E-state index in [9.17, 15) is 19.2 Å². The summed E-state index contributed by atoms with van der Waals surface area (Å²) >= 11 is 0. The summed E-state index contributed by atoms with van der Waals surface area (Å²) in [6.45, 7) is 1.45. The van der Waals surface area contributed by atoms with Crippen molar-refractivity contribution in [3.63, 3.8) is 0 Å². The number of amides is 2. The van der Waals surface area contributed by atoms with Gasteiger partial charge in [0.05, 0.1) is 19.6 Å². The molecule has 1 atom stereocenters. The highest BCUT2D eigenvalue weighted by Crippen LogP contribution is 2.19. The first-order valence-electron chi connectivity index (χ1n) is 9.39. The van der Waals surface area contributed by atoms with Gasteiger partial charge in [-0.25, -0.2) is 0 Å². The van der Waals surface area contributed by atoms with Gasteiger partial charge in [0.25, 0.3) is 5.91 Å². The highest BCUT2D eigenvalue weighted by atomic mass is 16.5. The lowest BCUT2D eigenvalue weighted by Gasteiger charge is -2.17. The van der Waals surface area contributed by atoms with E-state index in [1.807, 2.05) is 6.92 Å². The summed E-state index contributed by atoms with van der Waals surface area (Å²) in [4.78, 5) is 49.0. The van der Waals surface area contributed by atoms with Crippen LogP contribution < -0.4 is 10.2 Å². The maximum atomic E-state index is 12.3. The molecule has 1 fully saturated rings. The second-order valence-electron chi connectivity index (χ2n) is 6.98. The average molecular weight is 410 g/mol. The number of nitrogens with one attached hydrogen (secondary N) is 1. The predicted molar refractivity (Wildman–Crippen MR) is 107 cm³/mol. The molecule has 30 heavy (non-hydrogen) atoms. The molecule has 1 aliphatic heterocycles. The van der Waals surface area contributed by atoms with Crippen LogP contribution in [-0.2, 0) is 14.3 Å². The smallest absolute Gasteiger partial charge is 0.311 e. The van der Waals surface area contributed by atoms with E-state index < -0.39 is 30.3 Å². The Morgan fingerprint density at radius 1 is 1.10 bits per heavy atom. The number of ketones is 1. The summed E-state index contributed by atoms with van der Waals surface area (Å²) < 4.78 is 10.2. The monoisotopic (exact) mass is 410 g/mol. The highest BCUT2D eigenvalue weighted by Gasteiger charge is 2.36. The zero-order valence-corrected chi connectivity index (χ0v) is 16.7. The first-order valence-corrected chi connectivity index (χ1v) is 9.39. The SMILES string of the molecule is COc1cccc(C(=O)COC(=O)[C@H]2CC(=O)N(NC(=O)c3ccc(C)cc3)C2)c1. The number of hydrazine groups is 1. The number of hydrogen-bond acceptors (Lipinski definition) is 6. The fraction of sp³-hybridized carbons (Fsp3) is 0.273. The van der Waals surface area contributed by atoms with Gasteiger partial charge in [0, 0.05) is 17.5 Å². The van der Waals surface area contributed by atoms with Crippen molar-refractivity contribution in [1.82, 2.24) is 10.4 Å². The van der Waals surface area contributed by atoms with Crippen molar-refractivity contribution in [2.24, 2.45) is 5.92 Å². The number of methoxy groups -OCH3 is 1. The number of hydrogen-bond donors (Lipinski definition) is 1. The molecule has 2 aromatic rings. The molecular weight excluding hydrogens is 388 g/mol. The lowest BCUT2D eigenvalue weighted by molar-refractivity contribution is -0.147. The van der Waals surface area contributed by atoms with E-state index in [0.29, 0.717) is 16.9 Å². The van der Waals surface area contributed by atoms with Crippen LogP contribution in [0.25, 0.3) is 0 Å². The molecular formula is C22H22N2O6. The molecule has 3 rings (SSSR count). The molecule has 0 aliphatic carbocycles. The van der Waals surface area contributed by atoms with Crippen LogP contribution in [0.15, 0.2) is 48.5 Å². The quantitative estimate of drug-likeness (QED) is 0.553. The maximum absolute atomic E-state index is 12.3. The number of rotatable bonds is 7. The van der Waals surface area contributed by atoms with Crippen LogP contribution in [0.2, 0.25) is 0 Å². The normalized spacial score (nSPS) is 15.6. The van der Waals surface area contributed by atoms with Crippen molar-refractivity contribution in [3.8, 4) is 5.75 Å². The summed E-state index contributed by atoms with van der Waals surface area (Å²) in [7, 11) is 1.49. The van der Waals surface area contributed by atoms with Crippen molar-refractivity contribution in [3.05, 3.63) is 65.2 Å². The van der Waals surface area contributed by atoms with Gasteiger partial charge in [0.2, 0.25) is 5.91 Å². The van der Waals surface area contributed by atoms with Gasteiger partial charge in [-0.3, -0.25) is 29.6 Å². The molecule has 0 radical (unpaired) electrons. The van der Waals surface area contributed by atoms with Gasteiger partial charge in [0.1, 0.15) is 5.75 Å². The molecule has 0 spiro atoms. The maximum Gasteiger partial charge on any atom is 0.311 e. The Labute approximate surface area is 173 Å². The summed E-state index contributed by atoms with van der Waals surface area (Å²) in [5.74, 6) is -2.10. The molecule has 8 nitrogen and oxygen atoms in total. The minimum atomic E-state index is -0.756. The summed E-state index contributed by atoms with van der Waals surface area (Å²) in [5.41, 5.74) is 4.28. The third-order valence-electron chi connectivity index (χ3n) is 4.75. The van der Waals surface area contributed by atoms with Crippen molar-refractivity contribution in [2.75, 3.05) is 20.3 Å². The van der Waals surface area contributed by atoms with Crippen LogP contribution in [-0.4, -0.2) is 48.8 Å². The lowest BCUT2D eigenvalue weighted by atomic mass is 10.1. The van der Waals surface area contributed by atoms with Gasteiger partial charge in [-0.15, -0.1) is 0 Å². The van der Waals surface area contributed by atoms with E-state index in [-0.39, 0.29) is 18.7 Å². The molecule has 8 heteroatoms. The van der Waals surface area contributed by atoms with Crippen LogP contribution in [0.1, 0.15) is 32.7 Å². The van der Waals surface area contributed by atoms with Crippen LogP contribution >= 0.6 is 0 Å². The van der Waals surface area contributed by atoms with E-state index in [1.165, 1.54) is 7.11 Å². The zero-order chi connectivity index (χ0) is 21.7. The van der Waals surface area contributed by atoms with Gasteiger partial charge < -0.3 is 9.47 Å². The zero-order valence-electron chi connectivity index (χ0n) is 16.7. The summed E-state index contributed by atoms with van der Waals surface area (Å²) in [6.07, 6.45) is -0.0969. The minimum absolute atomic E-state index is 0.0113. The first-order chi connectivity index (χ1) is 14.4. The van der Waals surface area contributed by atoms with Crippen LogP contribution in [0, 0.1) is 12.8 Å². The van der Waals surface area contributed by atoms with Crippen molar-refractivity contribution >= 4 is 23.6 Å². The number of nitrogens with zero attached hydrogens (tertiary/aromatic N) is 1. The standard InChI is InChI=1S/C22H22N2O6/c1-14-6-8-15(9-7-14)21(27)23-24-12-17(11-20(24)26)22(28)30-13-19(25)16-4-3-5-18(10-16)29-2/h3-10,17H,11-13H2,1-2H3,(H,23,27)/t17-/m0/s1. The van der Waals surface area contributed by atoms with Crippen molar-refractivity contribution in [1.29, 1.82) is 0 Å². The Balaban J connectivity index is 1.52. The number of carbonyl (C=O) groups excluding carboxylic acids is 4. The van der Waals surface area contributed by atoms with Crippen molar-refractivity contribution < 1.29 is 28.7 Å². The second kappa shape index (κ2) is 9.21. The second-order valence-corrected chi connectivity index (χ2v) is 6.98. The number of carbonyl (C=O) groups is 4. The van der Waals surface area contributed by atoms with E-state index in [0.717, 1.165) is 10.6 Å². The minimum Gasteiger partial charge on any atom is -0.497 e. The fourth-order valence-electron chi connectivity index (χ4n) is 3.00. The van der Waals surface area contributed by atoms with Crippen molar-refractivity contribution in [2.45, 2.75) is 13.3 Å². The largest absolute Gasteiger partial charge is 0.497 e. The first kappa shape index (κ1) is 21.0. The van der Waals surface area contributed by atoms with Gasteiger partial charge in [-0.1, -0.05) is 29.8 Å². The number of ether oxygens (including phenoxy) is 2. The molecule has 1 saturated heterocycles. The Kier molecular flexibility index (Phi) is 6.46. The molecule has 1 heterocycles. The Morgan fingerprint density at radius 2 is 1.83 bits per heavy atom. The van der Waals surface area contributed by atoms with Crippen LogP contribution in [0.5, 0.6) is 5.75 Å². The van der Waals surface area contributed by atoms with Gasteiger partial charge in [0.15, 0.2) is 12.4 Å². The Bertz CT molecular complexity index is 970. The predicted octanol–water partition coefficient (Wildman–Crippen LogP) is 1.92. The van der Waals surface area contributed by atoms with E-state index >= 15 is 0 Å². The third-order valence-corrected chi connectivity index (χ3v) is 4.75. The number of benzene rings is 2. The van der Waals surface area contributed by atoms with E-state index in [1.54, 1.807) is 48.5 Å². The lowest BCUT2D eigenvalue weighted by Crippen LogP contribution is -2.43. The molecule has 1 N–H and O–H groups in total. The molecule has 2 amide bonds. The topological polar surface area (TPSA) is 102 Å². The molecule has 1 aliphatic rings. The van der Waals surface area contributed by atoms with Crippen LogP contribution in [0.3, 0.4) is 0 Å². The summed E-state index contributed by atoms with van der Waals surface area (Å²) in [6, 6.07) is 13.4.